The number of carbonyl (C=O) groups excluding carboxylic acids is 1. The Kier molecular flexibility index (Phi) is 2.27. The van der Waals surface area contributed by atoms with Crippen LogP contribution in [-0.2, 0) is 4.79 Å². The largest absolute Gasteiger partial charge is 0.329 e. The zero-order chi connectivity index (χ0) is 7.40. The summed E-state index contributed by atoms with van der Waals surface area (Å²) in [6.07, 6.45) is 3.72. The summed E-state index contributed by atoms with van der Waals surface area (Å²) in [5.41, 5.74) is 0. The smallest absolute Gasteiger partial charge is 0.210 e. The van der Waals surface area contributed by atoms with Crippen LogP contribution in [0.25, 0.3) is 0 Å². The molecule has 1 unspecified atom stereocenters. The van der Waals surface area contributed by atoms with Crippen LogP contribution in [0.15, 0.2) is 0 Å². The van der Waals surface area contributed by atoms with Crippen LogP contribution in [0.1, 0.15) is 19.3 Å². The minimum atomic E-state index is -0.161. The molecular formula is C7H10N2O. The minimum absolute atomic E-state index is 0.161. The van der Waals surface area contributed by atoms with Gasteiger partial charge in [-0.25, -0.2) is 0 Å². The van der Waals surface area contributed by atoms with Gasteiger partial charge in [0.15, 0.2) is 0 Å². The van der Waals surface area contributed by atoms with Crippen molar-refractivity contribution in [1.29, 1.82) is 5.26 Å². The Labute approximate surface area is 60.2 Å². The fourth-order valence-electron chi connectivity index (χ4n) is 1.22. The number of carbonyl (C=O) groups is 1. The van der Waals surface area contributed by atoms with E-state index in [1.54, 1.807) is 4.90 Å². The summed E-state index contributed by atoms with van der Waals surface area (Å²) in [5.74, 6) is 0. The lowest BCUT2D eigenvalue weighted by Gasteiger charge is -2.27. The average Bonchev–Trinajstić information content (AvgIpc) is 2.04. The predicted octanol–water partition coefficient (Wildman–Crippen LogP) is 0.521. The second-order valence-corrected chi connectivity index (χ2v) is 2.48. The van der Waals surface area contributed by atoms with Crippen LogP contribution in [0.5, 0.6) is 0 Å². The maximum Gasteiger partial charge on any atom is 0.210 e. The molecular weight excluding hydrogens is 128 g/mol. The maximum atomic E-state index is 10.3. The summed E-state index contributed by atoms with van der Waals surface area (Å²) >= 11 is 0. The molecule has 1 fully saturated rings. The van der Waals surface area contributed by atoms with Gasteiger partial charge in [0.25, 0.3) is 0 Å². The molecule has 0 N–H and O–H groups in total. The van der Waals surface area contributed by atoms with E-state index in [0.717, 1.165) is 32.2 Å². The van der Waals surface area contributed by atoms with Crippen molar-refractivity contribution in [3.8, 4) is 6.07 Å². The molecule has 0 aromatic carbocycles. The highest BCUT2D eigenvalue weighted by Gasteiger charge is 2.19. The van der Waals surface area contributed by atoms with Gasteiger partial charge in [-0.1, -0.05) is 0 Å². The Balaban J connectivity index is 2.51. The van der Waals surface area contributed by atoms with E-state index in [4.69, 9.17) is 5.26 Å². The second kappa shape index (κ2) is 3.21. The van der Waals surface area contributed by atoms with Crippen molar-refractivity contribution in [2.75, 3.05) is 6.54 Å². The molecule has 1 aliphatic rings. The lowest BCUT2D eigenvalue weighted by Crippen LogP contribution is -2.37. The quantitative estimate of drug-likeness (QED) is 0.496. The van der Waals surface area contributed by atoms with Gasteiger partial charge in [-0.3, -0.25) is 4.79 Å². The topological polar surface area (TPSA) is 44.1 Å². The Morgan fingerprint density at radius 3 is 2.90 bits per heavy atom. The van der Waals surface area contributed by atoms with Crippen molar-refractivity contribution in [2.45, 2.75) is 25.3 Å². The third kappa shape index (κ3) is 1.27. The third-order valence-electron chi connectivity index (χ3n) is 1.83. The fraction of sp³-hybridized carbons (Fsp3) is 0.714. The van der Waals surface area contributed by atoms with Crippen molar-refractivity contribution in [1.82, 2.24) is 4.90 Å². The van der Waals surface area contributed by atoms with E-state index >= 15 is 0 Å². The molecule has 0 aromatic heterocycles. The normalized spacial score (nSPS) is 25.5. The van der Waals surface area contributed by atoms with Gasteiger partial charge in [-0.05, 0) is 19.3 Å². The van der Waals surface area contributed by atoms with Gasteiger partial charge >= 0.3 is 0 Å². The highest BCUT2D eigenvalue weighted by molar-refractivity contribution is 5.48. The molecule has 1 heterocycles. The zero-order valence-electron chi connectivity index (χ0n) is 5.79. The Morgan fingerprint density at radius 2 is 2.40 bits per heavy atom. The van der Waals surface area contributed by atoms with Crippen LogP contribution < -0.4 is 0 Å². The molecule has 3 heteroatoms. The molecule has 10 heavy (non-hydrogen) atoms. The molecule has 1 aliphatic heterocycles. The zero-order valence-corrected chi connectivity index (χ0v) is 5.79. The number of piperidine rings is 1. The standard InChI is InChI=1S/C7H10N2O/c8-5-7-3-1-2-4-9(7)6-10/h6-7H,1-4H2. The minimum Gasteiger partial charge on any atom is -0.329 e. The Hall–Kier alpha value is -1.04. The molecule has 1 amide bonds. The Bertz CT molecular complexity index is 161. The molecule has 0 spiro atoms. The number of hydrogen-bond acceptors (Lipinski definition) is 2. The molecule has 0 saturated carbocycles. The lowest BCUT2D eigenvalue weighted by molar-refractivity contribution is -0.120. The molecule has 1 rings (SSSR count). The summed E-state index contributed by atoms with van der Waals surface area (Å²) in [6.45, 7) is 0.752. The van der Waals surface area contributed by atoms with Crippen molar-refractivity contribution in [2.24, 2.45) is 0 Å². The van der Waals surface area contributed by atoms with Gasteiger partial charge in [0.1, 0.15) is 6.04 Å². The molecule has 0 radical (unpaired) electrons. The molecule has 1 atom stereocenters. The molecule has 54 valence electrons. The summed E-state index contributed by atoms with van der Waals surface area (Å²) in [4.78, 5) is 11.9. The van der Waals surface area contributed by atoms with Crippen LogP contribution >= 0.6 is 0 Å². The Morgan fingerprint density at radius 1 is 1.60 bits per heavy atom. The predicted molar refractivity (Wildman–Crippen MR) is 36.0 cm³/mol. The van der Waals surface area contributed by atoms with E-state index in [9.17, 15) is 4.79 Å². The van der Waals surface area contributed by atoms with Gasteiger partial charge in [0.2, 0.25) is 6.41 Å². The molecule has 0 aliphatic carbocycles. The van der Waals surface area contributed by atoms with E-state index in [2.05, 4.69) is 6.07 Å². The van der Waals surface area contributed by atoms with Crippen LogP contribution in [0.2, 0.25) is 0 Å². The van der Waals surface area contributed by atoms with E-state index < -0.39 is 0 Å². The highest BCUT2D eigenvalue weighted by atomic mass is 16.1. The van der Waals surface area contributed by atoms with Crippen molar-refractivity contribution >= 4 is 6.41 Å². The lowest BCUT2D eigenvalue weighted by atomic mass is 10.0. The van der Waals surface area contributed by atoms with Gasteiger partial charge in [0.05, 0.1) is 6.07 Å². The van der Waals surface area contributed by atoms with Crippen molar-refractivity contribution in [3.63, 3.8) is 0 Å². The van der Waals surface area contributed by atoms with Gasteiger partial charge < -0.3 is 4.90 Å². The number of nitriles is 1. The summed E-state index contributed by atoms with van der Waals surface area (Å²) in [7, 11) is 0. The number of likely N-dealkylation sites (tertiary alicyclic amines) is 1. The monoisotopic (exact) mass is 138 g/mol. The first-order valence-electron chi connectivity index (χ1n) is 3.49. The van der Waals surface area contributed by atoms with Crippen LogP contribution in [0.3, 0.4) is 0 Å². The van der Waals surface area contributed by atoms with Gasteiger partial charge in [-0.15, -0.1) is 0 Å². The fourth-order valence-corrected chi connectivity index (χ4v) is 1.22. The highest BCUT2D eigenvalue weighted by Crippen LogP contribution is 2.13. The summed E-state index contributed by atoms with van der Waals surface area (Å²) < 4.78 is 0. The first-order valence-corrected chi connectivity index (χ1v) is 3.49. The average molecular weight is 138 g/mol. The van der Waals surface area contributed by atoms with Crippen LogP contribution in [-0.4, -0.2) is 23.9 Å². The second-order valence-electron chi connectivity index (χ2n) is 2.48. The van der Waals surface area contributed by atoms with Crippen LogP contribution in [0, 0.1) is 11.3 Å². The number of rotatable bonds is 1. The first kappa shape index (κ1) is 7.07. The summed E-state index contributed by atoms with van der Waals surface area (Å²) in [5, 5.41) is 8.54. The number of hydrogen-bond donors (Lipinski definition) is 0. The van der Waals surface area contributed by atoms with E-state index in [1.165, 1.54) is 0 Å². The maximum absolute atomic E-state index is 10.3. The van der Waals surface area contributed by atoms with Crippen molar-refractivity contribution < 1.29 is 4.79 Å². The van der Waals surface area contributed by atoms with Crippen LogP contribution in [0.4, 0.5) is 0 Å². The molecule has 1 saturated heterocycles. The SMILES string of the molecule is N#CC1CCCCN1C=O. The first-order chi connectivity index (χ1) is 4.88. The number of amides is 1. The molecule has 0 aromatic rings. The van der Waals surface area contributed by atoms with Crippen molar-refractivity contribution in [3.05, 3.63) is 0 Å². The van der Waals surface area contributed by atoms with E-state index in [0.29, 0.717) is 0 Å². The van der Waals surface area contributed by atoms with E-state index in [1.807, 2.05) is 0 Å². The van der Waals surface area contributed by atoms with Gasteiger partial charge in [0, 0.05) is 6.54 Å². The molecule has 0 bridgehead atoms. The summed E-state index contributed by atoms with van der Waals surface area (Å²) in [6, 6.07) is 1.94. The van der Waals surface area contributed by atoms with Gasteiger partial charge in [-0.2, -0.15) is 5.26 Å². The third-order valence-corrected chi connectivity index (χ3v) is 1.83. The number of nitrogens with zero attached hydrogens (tertiary/aromatic N) is 2. The molecule has 3 nitrogen and oxygen atoms in total. The van der Waals surface area contributed by atoms with E-state index in [-0.39, 0.29) is 6.04 Å².